The van der Waals surface area contributed by atoms with E-state index in [1.54, 1.807) is 0 Å². The van der Waals surface area contributed by atoms with Gasteiger partial charge in [0.2, 0.25) is 5.91 Å². The van der Waals surface area contributed by atoms with Crippen LogP contribution in [0.1, 0.15) is 41.4 Å². The second-order valence-electron chi connectivity index (χ2n) is 6.96. The molecule has 0 spiro atoms. The molecule has 0 aliphatic carbocycles. The molecule has 140 valence electrons. The van der Waals surface area contributed by atoms with E-state index in [2.05, 4.69) is 46.8 Å². The van der Waals surface area contributed by atoms with Crippen molar-refractivity contribution in [2.45, 2.75) is 45.7 Å². The number of benzene rings is 2. The van der Waals surface area contributed by atoms with Gasteiger partial charge in [0.15, 0.2) is 0 Å². The Labute approximate surface area is 161 Å². The molecule has 1 atom stereocenters. The molecule has 2 aromatic carbocycles. The van der Waals surface area contributed by atoms with E-state index >= 15 is 0 Å². The van der Waals surface area contributed by atoms with Crippen molar-refractivity contribution in [2.75, 3.05) is 0 Å². The number of hydrogen-bond donors (Lipinski definition) is 1. The van der Waals surface area contributed by atoms with E-state index in [0.717, 1.165) is 29.8 Å². The van der Waals surface area contributed by atoms with E-state index in [0.29, 0.717) is 13.0 Å². The standard InChI is InChI=1S/C23H27N3O/c1-18-17-19(2)26(25-18)16-15-23(27)24-22(21-11-7-4-8-12-21)14-13-20-9-5-3-6-10-20/h3-12,17,22H,13-16H2,1-2H3,(H,24,27). The van der Waals surface area contributed by atoms with Crippen LogP contribution in [0.15, 0.2) is 66.7 Å². The molecule has 1 amide bonds. The highest BCUT2D eigenvalue weighted by molar-refractivity contribution is 5.76. The van der Waals surface area contributed by atoms with Gasteiger partial charge in [0.1, 0.15) is 0 Å². The zero-order valence-electron chi connectivity index (χ0n) is 16.1. The van der Waals surface area contributed by atoms with E-state index in [1.165, 1.54) is 5.56 Å². The summed E-state index contributed by atoms with van der Waals surface area (Å²) < 4.78 is 1.90. The van der Waals surface area contributed by atoms with E-state index in [-0.39, 0.29) is 11.9 Å². The molecule has 4 nitrogen and oxygen atoms in total. The highest BCUT2D eigenvalue weighted by Crippen LogP contribution is 2.19. The Morgan fingerprint density at radius 1 is 1.04 bits per heavy atom. The molecule has 1 N–H and O–H groups in total. The van der Waals surface area contributed by atoms with Crippen molar-refractivity contribution in [1.82, 2.24) is 15.1 Å². The average Bonchev–Trinajstić information content (AvgIpc) is 3.02. The van der Waals surface area contributed by atoms with Crippen LogP contribution in [-0.2, 0) is 17.8 Å². The maximum Gasteiger partial charge on any atom is 0.222 e. The van der Waals surface area contributed by atoms with Gasteiger partial charge in [-0.1, -0.05) is 60.7 Å². The average molecular weight is 361 g/mol. The van der Waals surface area contributed by atoms with Crippen LogP contribution in [0, 0.1) is 13.8 Å². The topological polar surface area (TPSA) is 46.9 Å². The zero-order valence-corrected chi connectivity index (χ0v) is 16.1. The normalized spacial score (nSPS) is 11.9. The van der Waals surface area contributed by atoms with E-state index in [1.807, 2.05) is 48.9 Å². The molecule has 0 bridgehead atoms. The van der Waals surface area contributed by atoms with Crippen molar-refractivity contribution in [2.24, 2.45) is 0 Å². The Bertz CT molecular complexity index is 856. The number of nitrogens with zero attached hydrogens (tertiary/aromatic N) is 2. The minimum Gasteiger partial charge on any atom is -0.349 e. The van der Waals surface area contributed by atoms with Crippen molar-refractivity contribution in [3.63, 3.8) is 0 Å². The molecule has 0 radical (unpaired) electrons. The van der Waals surface area contributed by atoms with Crippen LogP contribution < -0.4 is 5.32 Å². The first-order valence-electron chi connectivity index (χ1n) is 9.51. The smallest absolute Gasteiger partial charge is 0.222 e. The van der Waals surface area contributed by atoms with Crippen LogP contribution in [0.4, 0.5) is 0 Å². The summed E-state index contributed by atoms with van der Waals surface area (Å²) in [6.45, 7) is 4.59. The van der Waals surface area contributed by atoms with Crippen molar-refractivity contribution in [3.05, 3.63) is 89.2 Å². The summed E-state index contributed by atoms with van der Waals surface area (Å²) in [7, 11) is 0. The van der Waals surface area contributed by atoms with Gasteiger partial charge in [-0.2, -0.15) is 5.10 Å². The molecule has 3 rings (SSSR count). The first kappa shape index (κ1) is 18.9. The quantitative estimate of drug-likeness (QED) is 0.647. The first-order valence-corrected chi connectivity index (χ1v) is 9.51. The molecule has 1 aromatic heterocycles. The van der Waals surface area contributed by atoms with Gasteiger partial charge < -0.3 is 5.32 Å². The summed E-state index contributed by atoms with van der Waals surface area (Å²) in [5.41, 5.74) is 4.50. The summed E-state index contributed by atoms with van der Waals surface area (Å²) in [6, 6.07) is 22.7. The van der Waals surface area contributed by atoms with Gasteiger partial charge >= 0.3 is 0 Å². The summed E-state index contributed by atoms with van der Waals surface area (Å²) >= 11 is 0. The van der Waals surface area contributed by atoms with Gasteiger partial charge in [-0.25, -0.2) is 0 Å². The SMILES string of the molecule is Cc1cc(C)n(CCC(=O)NC(CCc2ccccc2)c2ccccc2)n1. The summed E-state index contributed by atoms with van der Waals surface area (Å²) in [5, 5.41) is 7.65. The van der Waals surface area contributed by atoms with E-state index in [4.69, 9.17) is 0 Å². The predicted molar refractivity (Wildman–Crippen MR) is 108 cm³/mol. The fourth-order valence-corrected chi connectivity index (χ4v) is 3.34. The summed E-state index contributed by atoms with van der Waals surface area (Å²) in [6.07, 6.45) is 2.23. The number of rotatable bonds is 8. The van der Waals surface area contributed by atoms with Crippen molar-refractivity contribution < 1.29 is 4.79 Å². The van der Waals surface area contributed by atoms with Crippen LogP contribution in [-0.4, -0.2) is 15.7 Å². The van der Waals surface area contributed by atoms with Gasteiger partial charge in [0.25, 0.3) is 0 Å². The third kappa shape index (κ3) is 5.55. The molecule has 0 saturated heterocycles. The van der Waals surface area contributed by atoms with Gasteiger partial charge in [0.05, 0.1) is 11.7 Å². The fraction of sp³-hybridized carbons (Fsp3) is 0.304. The number of amides is 1. The maximum atomic E-state index is 12.6. The van der Waals surface area contributed by atoms with Gasteiger partial charge in [-0.3, -0.25) is 9.48 Å². The summed E-state index contributed by atoms with van der Waals surface area (Å²) in [4.78, 5) is 12.6. The Morgan fingerprint density at radius 2 is 1.70 bits per heavy atom. The minimum atomic E-state index is 0.0133. The molecule has 4 heteroatoms. The lowest BCUT2D eigenvalue weighted by Gasteiger charge is -2.19. The minimum absolute atomic E-state index is 0.0133. The lowest BCUT2D eigenvalue weighted by molar-refractivity contribution is -0.122. The van der Waals surface area contributed by atoms with Crippen LogP contribution in [0.5, 0.6) is 0 Å². The largest absolute Gasteiger partial charge is 0.349 e. The lowest BCUT2D eigenvalue weighted by Crippen LogP contribution is -2.29. The zero-order chi connectivity index (χ0) is 19.1. The number of carbonyl (C=O) groups is 1. The molecule has 3 aromatic rings. The first-order chi connectivity index (χ1) is 13.1. The van der Waals surface area contributed by atoms with Crippen LogP contribution in [0.2, 0.25) is 0 Å². The molecule has 0 saturated carbocycles. The Hall–Kier alpha value is -2.88. The number of hydrogen-bond acceptors (Lipinski definition) is 2. The third-order valence-corrected chi connectivity index (χ3v) is 4.76. The number of nitrogens with one attached hydrogen (secondary N) is 1. The monoisotopic (exact) mass is 361 g/mol. The molecule has 27 heavy (non-hydrogen) atoms. The molecular weight excluding hydrogens is 334 g/mol. The molecule has 0 aliphatic rings. The molecule has 0 aliphatic heterocycles. The highest BCUT2D eigenvalue weighted by Gasteiger charge is 2.15. The van der Waals surface area contributed by atoms with E-state index in [9.17, 15) is 4.79 Å². The molecule has 0 fully saturated rings. The Balaban J connectivity index is 1.61. The van der Waals surface area contributed by atoms with Crippen molar-refractivity contribution in [3.8, 4) is 0 Å². The second-order valence-corrected chi connectivity index (χ2v) is 6.96. The van der Waals surface area contributed by atoms with Crippen molar-refractivity contribution in [1.29, 1.82) is 0 Å². The summed E-state index contributed by atoms with van der Waals surface area (Å²) in [5.74, 6) is 0.0597. The maximum absolute atomic E-state index is 12.6. The lowest BCUT2D eigenvalue weighted by atomic mass is 9.99. The molecular formula is C23H27N3O. The molecule has 1 heterocycles. The van der Waals surface area contributed by atoms with Crippen LogP contribution >= 0.6 is 0 Å². The van der Waals surface area contributed by atoms with Gasteiger partial charge in [-0.15, -0.1) is 0 Å². The number of aromatic nitrogens is 2. The van der Waals surface area contributed by atoms with Gasteiger partial charge in [0, 0.05) is 18.7 Å². The third-order valence-electron chi connectivity index (χ3n) is 4.76. The van der Waals surface area contributed by atoms with E-state index < -0.39 is 0 Å². The van der Waals surface area contributed by atoms with Crippen molar-refractivity contribution >= 4 is 5.91 Å². The van der Waals surface area contributed by atoms with Crippen LogP contribution in [0.25, 0.3) is 0 Å². The Morgan fingerprint density at radius 3 is 2.33 bits per heavy atom. The molecule has 1 unspecified atom stereocenters. The number of aryl methyl sites for hydroxylation is 4. The van der Waals surface area contributed by atoms with Gasteiger partial charge in [-0.05, 0) is 43.9 Å². The fourth-order valence-electron chi connectivity index (χ4n) is 3.34. The Kier molecular flexibility index (Phi) is 6.42. The number of carbonyl (C=O) groups excluding carboxylic acids is 1. The second kappa shape index (κ2) is 9.17. The predicted octanol–water partition coefficient (Wildman–Crippen LogP) is 4.38. The highest BCUT2D eigenvalue weighted by atomic mass is 16.1. The van der Waals surface area contributed by atoms with Crippen LogP contribution in [0.3, 0.4) is 0 Å².